The highest BCUT2D eigenvalue weighted by Gasteiger charge is 2.22. The van der Waals surface area contributed by atoms with E-state index in [0.717, 1.165) is 17.0 Å². The highest BCUT2D eigenvalue weighted by atomic mass is 32.2. The van der Waals surface area contributed by atoms with Crippen molar-refractivity contribution in [3.05, 3.63) is 17.0 Å². The fourth-order valence-electron chi connectivity index (χ4n) is 2.39. The molecular weight excluding hydrogens is 274 g/mol. The van der Waals surface area contributed by atoms with Gasteiger partial charge in [-0.1, -0.05) is 6.92 Å². The molecule has 0 aliphatic heterocycles. The molecule has 0 radical (unpaired) electrons. The summed E-state index contributed by atoms with van der Waals surface area (Å²) in [5.74, 6) is 0.668. The highest BCUT2D eigenvalue weighted by molar-refractivity contribution is 7.98. The van der Waals surface area contributed by atoms with Crippen LogP contribution in [0.4, 0.5) is 0 Å². The number of nitrogens with one attached hydrogen (secondary N) is 2. The van der Waals surface area contributed by atoms with E-state index in [1.165, 1.54) is 0 Å². The number of hydrogen-bond donors (Lipinski definition) is 3. The van der Waals surface area contributed by atoms with Gasteiger partial charge < -0.3 is 10.4 Å². The van der Waals surface area contributed by atoms with E-state index in [1.807, 2.05) is 27.0 Å². The Morgan fingerprint density at radius 2 is 2.20 bits per heavy atom. The average Bonchev–Trinajstić information content (AvgIpc) is 2.66. The number of H-pyrrole nitrogens is 1. The van der Waals surface area contributed by atoms with Crippen molar-refractivity contribution in [1.82, 2.24) is 15.5 Å². The number of aliphatic hydroxyl groups is 1. The predicted molar refractivity (Wildman–Crippen MR) is 83.1 cm³/mol. The van der Waals surface area contributed by atoms with E-state index in [-0.39, 0.29) is 18.4 Å². The number of carbonyl (C=O) groups excluding carboxylic acids is 1. The van der Waals surface area contributed by atoms with E-state index in [0.29, 0.717) is 12.2 Å². The highest BCUT2D eigenvalue weighted by Crippen LogP contribution is 2.24. The first-order chi connectivity index (χ1) is 9.26. The Balaban J connectivity index is 2.51. The summed E-state index contributed by atoms with van der Waals surface area (Å²) in [7, 11) is 0. The second-order valence-corrected chi connectivity index (χ2v) is 6.53. The molecule has 0 aliphatic rings. The van der Waals surface area contributed by atoms with Crippen LogP contribution in [0.25, 0.3) is 0 Å². The van der Waals surface area contributed by atoms with Gasteiger partial charge in [-0.15, -0.1) is 0 Å². The molecule has 114 valence electrons. The summed E-state index contributed by atoms with van der Waals surface area (Å²) in [5, 5.41) is 19.9. The maximum Gasteiger partial charge on any atom is 0.220 e. The zero-order valence-corrected chi connectivity index (χ0v) is 13.7. The topological polar surface area (TPSA) is 78.0 Å². The molecule has 0 aliphatic carbocycles. The summed E-state index contributed by atoms with van der Waals surface area (Å²) < 4.78 is 0. The number of hydrogen-bond acceptors (Lipinski definition) is 4. The van der Waals surface area contributed by atoms with Crippen LogP contribution in [-0.4, -0.2) is 45.4 Å². The van der Waals surface area contributed by atoms with Crippen LogP contribution in [0.1, 0.15) is 43.1 Å². The van der Waals surface area contributed by atoms with Crippen molar-refractivity contribution in [2.24, 2.45) is 0 Å². The van der Waals surface area contributed by atoms with Crippen molar-refractivity contribution in [2.45, 2.75) is 45.6 Å². The normalized spacial score (nSPS) is 15.7. The van der Waals surface area contributed by atoms with E-state index in [1.54, 1.807) is 18.7 Å². The van der Waals surface area contributed by atoms with Crippen LogP contribution >= 0.6 is 11.8 Å². The van der Waals surface area contributed by atoms with Gasteiger partial charge in [0.25, 0.3) is 0 Å². The number of aromatic nitrogens is 2. The molecule has 5 nitrogen and oxygen atoms in total. The predicted octanol–water partition coefficient (Wildman–Crippen LogP) is 1.75. The van der Waals surface area contributed by atoms with Crippen LogP contribution in [0.3, 0.4) is 0 Å². The minimum atomic E-state index is -0.861. The van der Waals surface area contributed by atoms with Crippen LogP contribution < -0.4 is 5.32 Å². The number of rotatable bonds is 7. The lowest BCUT2D eigenvalue weighted by Gasteiger charge is -2.23. The maximum absolute atomic E-state index is 12.0. The van der Waals surface area contributed by atoms with E-state index >= 15 is 0 Å². The van der Waals surface area contributed by atoms with Gasteiger partial charge in [0, 0.05) is 24.4 Å². The third kappa shape index (κ3) is 4.83. The minimum absolute atomic E-state index is 0.0427. The van der Waals surface area contributed by atoms with E-state index in [4.69, 9.17) is 0 Å². The summed E-state index contributed by atoms with van der Waals surface area (Å²) in [6.07, 6.45) is 2.33. The Bertz CT molecular complexity index is 438. The van der Waals surface area contributed by atoms with Crippen LogP contribution in [0.15, 0.2) is 0 Å². The molecule has 0 saturated carbocycles. The summed E-state index contributed by atoms with van der Waals surface area (Å²) >= 11 is 1.56. The third-order valence-corrected chi connectivity index (χ3v) is 4.20. The molecule has 2 unspecified atom stereocenters. The Labute approximate surface area is 124 Å². The van der Waals surface area contributed by atoms with Crippen LogP contribution in [0.5, 0.6) is 0 Å². The third-order valence-electron chi connectivity index (χ3n) is 3.29. The lowest BCUT2D eigenvalue weighted by Crippen LogP contribution is -2.42. The molecule has 6 heteroatoms. The Morgan fingerprint density at radius 1 is 1.55 bits per heavy atom. The molecule has 0 aromatic carbocycles. The zero-order chi connectivity index (χ0) is 15.3. The number of thioether (sulfide) groups is 1. The molecule has 1 heterocycles. The average molecular weight is 299 g/mol. The standard InChI is InChI=1S/C14H25N3O2S/c1-9(13-10(2)16-17-11(13)3)6-12(18)15-7-14(4,19)8-20-5/h9,19H,6-8H2,1-5H3,(H,15,18)(H,16,17). The SMILES string of the molecule is CSCC(C)(O)CNC(=O)CC(C)c1c(C)n[nH]c1C. The maximum atomic E-state index is 12.0. The van der Waals surface area contributed by atoms with Crippen LogP contribution in [0.2, 0.25) is 0 Å². The number of carbonyl (C=O) groups is 1. The van der Waals surface area contributed by atoms with Crippen LogP contribution in [-0.2, 0) is 4.79 Å². The van der Waals surface area contributed by atoms with Crippen molar-refractivity contribution >= 4 is 17.7 Å². The number of amides is 1. The lowest BCUT2D eigenvalue weighted by atomic mass is 9.95. The molecule has 1 amide bonds. The molecule has 1 aromatic rings. The molecule has 3 N–H and O–H groups in total. The smallest absolute Gasteiger partial charge is 0.220 e. The van der Waals surface area contributed by atoms with Gasteiger partial charge in [-0.3, -0.25) is 9.89 Å². The minimum Gasteiger partial charge on any atom is -0.387 e. The monoisotopic (exact) mass is 299 g/mol. The number of aryl methyl sites for hydroxylation is 2. The summed E-state index contributed by atoms with van der Waals surface area (Å²) in [6.45, 7) is 7.94. The Morgan fingerprint density at radius 3 is 2.70 bits per heavy atom. The van der Waals surface area contributed by atoms with Crippen molar-refractivity contribution in [1.29, 1.82) is 0 Å². The quantitative estimate of drug-likeness (QED) is 0.717. The van der Waals surface area contributed by atoms with Gasteiger partial charge in [0.05, 0.1) is 11.3 Å². The van der Waals surface area contributed by atoms with E-state index in [2.05, 4.69) is 15.5 Å². The molecule has 2 atom stereocenters. The zero-order valence-electron chi connectivity index (χ0n) is 12.9. The van der Waals surface area contributed by atoms with Gasteiger partial charge >= 0.3 is 0 Å². The van der Waals surface area contributed by atoms with Crippen molar-refractivity contribution in [3.63, 3.8) is 0 Å². The number of aromatic amines is 1. The van der Waals surface area contributed by atoms with Crippen molar-refractivity contribution in [2.75, 3.05) is 18.6 Å². The second kappa shape index (κ2) is 7.13. The fraction of sp³-hybridized carbons (Fsp3) is 0.714. The van der Waals surface area contributed by atoms with E-state index in [9.17, 15) is 9.90 Å². The van der Waals surface area contributed by atoms with Gasteiger partial charge in [0.15, 0.2) is 0 Å². The molecule has 0 spiro atoms. The molecule has 1 aromatic heterocycles. The fourth-order valence-corrected chi connectivity index (χ4v) is 3.11. The molecular formula is C14H25N3O2S. The largest absolute Gasteiger partial charge is 0.387 e. The van der Waals surface area contributed by atoms with E-state index < -0.39 is 5.60 Å². The second-order valence-electron chi connectivity index (χ2n) is 5.66. The summed E-state index contributed by atoms with van der Waals surface area (Å²) in [4.78, 5) is 12.0. The molecule has 1 rings (SSSR count). The van der Waals surface area contributed by atoms with Crippen LogP contribution in [0, 0.1) is 13.8 Å². The first-order valence-corrected chi connectivity index (χ1v) is 8.15. The molecule has 0 saturated heterocycles. The van der Waals surface area contributed by atoms with Gasteiger partial charge in [-0.2, -0.15) is 16.9 Å². The molecule has 0 fully saturated rings. The first kappa shape index (κ1) is 17.0. The Kier molecular flexibility index (Phi) is 6.07. The summed E-state index contributed by atoms with van der Waals surface area (Å²) in [6, 6.07) is 0. The van der Waals surface area contributed by atoms with Gasteiger partial charge in [0.1, 0.15) is 0 Å². The Hall–Kier alpha value is -1.01. The van der Waals surface area contributed by atoms with Crippen molar-refractivity contribution < 1.29 is 9.90 Å². The summed E-state index contributed by atoms with van der Waals surface area (Å²) in [5.41, 5.74) is 2.20. The van der Waals surface area contributed by atoms with Gasteiger partial charge in [0.2, 0.25) is 5.91 Å². The molecule has 20 heavy (non-hydrogen) atoms. The number of nitrogens with zero attached hydrogens (tertiary/aromatic N) is 1. The molecule has 0 bridgehead atoms. The van der Waals surface area contributed by atoms with Gasteiger partial charge in [-0.05, 0) is 38.5 Å². The lowest BCUT2D eigenvalue weighted by molar-refractivity contribution is -0.122. The first-order valence-electron chi connectivity index (χ1n) is 6.76. The van der Waals surface area contributed by atoms with Gasteiger partial charge in [-0.25, -0.2) is 0 Å². The van der Waals surface area contributed by atoms with Crippen molar-refractivity contribution in [3.8, 4) is 0 Å².